The van der Waals surface area contributed by atoms with Crippen LogP contribution in [0.5, 0.6) is 0 Å². The maximum Gasteiger partial charge on any atom is 0.278 e. The third kappa shape index (κ3) is 1.77. The van der Waals surface area contributed by atoms with Crippen LogP contribution in [-0.4, -0.2) is 4.57 Å². The summed E-state index contributed by atoms with van der Waals surface area (Å²) >= 11 is 0. The summed E-state index contributed by atoms with van der Waals surface area (Å²) in [5.74, 6) is 0. The summed E-state index contributed by atoms with van der Waals surface area (Å²) in [6.45, 7) is 1.99. The van der Waals surface area contributed by atoms with E-state index < -0.39 is 0 Å². The zero-order chi connectivity index (χ0) is 11.7. The van der Waals surface area contributed by atoms with E-state index in [0.29, 0.717) is 5.69 Å². The van der Waals surface area contributed by atoms with Crippen molar-refractivity contribution in [1.29, 1.82) is 0 Å². The predicted molar refractivity (Wildman–Crippen MR) is 65.6 cm³/mol. The number of pyridine rings is 1. The first-order valence-corrected chi connectivity index (χ1v) is 4.92. The summed E-state index contributed by atoms with van der Waals surface area (Å²) in [5.41, 5.74) is 13.5. The highest BCUT2D eigenvalue weighted by Gasteiger charge is 2.03. The predicted octanol–water partition coefficient (Wildman–Crippen LogP) is 1.31. The van der Waals surface area contributed by atoms with Gasteiger partial charge in [0.25, 0.3) is 5.56 Å². The fourth-order valence-electron chi connectivity index (χ4n) is 1.52. The van der Waals surface area contributed by atoms with Gasteiger partial charge in [0.05, 0.1) is 5.69 Å². The number of nitrogens with zero attached hydrogens (tertiary/aromatic N) is 1. The van der Waals surface area contributed by atoms with E-state index >= 15 is 0 Å². The minimum Gasteiger partial charge on any atom is -0.397 e. The van der Waals surface area contributed by atoms with Gasteiger partial charge in [-0.1, -0.05) is 17.7 Å². The Kier molecular flexibility index (Phi) is 2.40. The molecule has 0 atom stereocenters. The third-order valence-corrected chi connectivity index (χ3v) is 2.38. The molecule has 0 unspecified atom stereocenters. The van der Waals surface area contributed by atoms with Crippen LogP contribution in [0.1, 0.15) is 5.56 Å². The van der Waals surface area contributed by atoms with Crippen LogP contribution in [0, 0.1) is 6.92 Å². The molecular weight excluding hydrogens is 202 g/mol. The molecule has 4 nitrogen and oxygen atoms in total. The highest BCUT2D eigenvalue weighted by Crippen LogP contribution is 2.11. The van der Waals surface area contributed by atoms with E-state index in [1.165, 1.54) is 10.6 Å². The number of rotatable bonds is 1. The van der Waals surface area contributed by atoms with Gasteiger partial charge in [0.1, 0.15) is 5.69 Å². The molecule has 82 valence electrons. The Morgan fingerprint density at radius 2 is 1.75 bits per heavy atom. The van der Waals surface area contributed by atoms with Crippen LogP contribution in [0.15, 0.2) is 41.3 Å². The van der Waals surface area contributed by atoms with Gasteiger partial charge in [0, 0.05) is 11.9 Å². The summed E-state index contributed by atoms with van der Waals surface area (Å²) in [5, 5.41) is 0. The fourth-order valence-corrected chi connectivity index (χ4v) is 1.52. The van der Waals surface area contributed by atoms with Gasteiger partial charge in [-0.3, -0.25) is 9.36 Å². The second-order valence-electron chi connectivity index (χ2n) is 3.74. The standard InChI is InChI=1S/C12H13N3O/c1-8-2-4-10(5-3-8)15-7-9(13)6-11(14)12(15)16/h2-7H,13-14H2,1H3. The first kappa shape index (κ1) is 10.3. The smallest absolute Gasteiger partial charge is 0.278 e. The van der Waals surface area contributed by atoms with Gasteiger partial charge in [-0.25, -0.2) is 0 Å². The molecule has 0 amide bonds. The quantitative estimate of drug-likeness (QED) is 0.753. The van der Waals surface area contributed by atoms with Crippen LogP contribution in [-0.2, 0) is 0 Å². The van der Waals surface area contributed by atoms with Crippen molar-refractivity contribution in [1.82, 2.24) is 4.57 Å². The number of aryl methyl sites for hydroxylation is 1. The van der Waals surface area contributed by atoms with Crippen LogP contribution in [0.4, 0.5) is 11.4 Å². The normalized spacial score (nSPS) is 10.3. The Hall–Kier alpha value is -2.23. The van der Waals surface area contributed by atoms with Crippen LogP contribution in [0.2, 0.25) is 0 Å². The van der Waals surface area contributed by atoms with Gasteiger partial charge in [0.15, 0.2) is 0 Å². The zero-order valence-electron chi connectivity index (χ0n) is 8.97. The lowest BCUT2D eigenvalue weighted by molar-refractivity contribution is 0.997. The zero-order valence-corrected chi connectivity index (χ0v) is 8.97. The first-order chi connectivity index (χ1) is 7.58. The second-order valence-corrected chi connectivity index (χ2v) is 3.74. The lowest BCUT2D eigenvalue weighted by Crippen LogP contribution is -2.21. The van der Waals surface area contributed by atoms with Gasteiger partial charge < -0.3 is 11.5 Å². The van der Waals surface area contributed by atoms with Gasteiger partial charge >= 0.3 is 0 Å². The molecule has 16 heavy (non-hydrogen) atoms. The number of hydrogen-bond donors (Lipinski definition) is 2. The van der Waals surface area contributed by atoms with E-state index in [2.05, 4.69) is 0 Å². The van der Waals surface area contributed by atoms with E-state index in [-0.39, 0.29) is 11.2 Å². The maximum absolute atomic E-state index is 11.8. The minimum absolute atomic E-state index is 0.153. The molecule has 4 heteroatoms. The number of nitrogens with two attached hydrogens (primary N) is 2. The third-order valence-electron chi connectivity index (χ3n) is 2.38. The Bertz CT molecular complexity index is 570. The molecular formula is C12H13N3O. The van der Waals surface area contributed by atoms with Crippen LogP contribution in [0.3, 0.4) is 0 Å². The average Bonchev–Trinajstić information content (AvgIpc) is 2.25. The Morgan fingerprint density at radius 3 is 2.38 bits per heavy atom. The number of benzene rings is 1. The van der Waals surface area contributed by atoms with E-state index in [0.717, 1.165) is 11.3 Å². The Balaban J connectivity index is 2.64. The molecule has 2 aromatic rings. The van der Waals surface area contributed by atoms with Crippen molar-refractivity contribution in [3.8, 4) is 5.69 Å². The summed E-state index contributed by atoms with van der Waals surface area (Å²) < 4.78 is 1.45. The molecule has 0 aliphatic heterocycles. The van der Waals surface area contributed by atoms with Crippen molar-refractivity contribution in [3.63, 3.8) is 0 Å². The molecule has 4 N–H and O–H groups in total. The van der Waals surface area contributed by atoms with E-state index in [1.807, 2.05) is 31.2 Å². The first-order valence-electron chi connectivity index (χ1n) is 4.92. The van der Waals surface area contributed by atoms with Crippen molar-refractivity contribution in [2.45, 2.75) is 6.92 Å². The van der Waals surface area contributed by atoms with Crippen LogP contribution >= 0.6 is 0 Å². The Morgan fingerprint density at radius 1 is 1.12 bits per heavy atom. The van der Waals surface area contributed by atoms with Gasteiger partial charge in [-0.2, -0.15) is 0 Å². The molecule has 0 spiro atoms. The molecule has 1 heterocycles. The van der Waals surface area contributed by atoms with Crippen LogP contribution in [0.25, 0.3) is 5.69 Å². The van der Waals surface area contributed by atoms with Gasteiger partial charge in [-0.05, 0) is 25.1 Å². The van der Waals surface area contributed by atoms with E-state index in [1.54, 1.807) is 6.20 Å². The van der Waals surface area contributed by atoms with Crippen molar-refractivity contribution in [2.75, 3.05) is 11.5 Å². The monoisotopic (exact) mass is 215 g/mol. The number of anilines is 2. The molecule has 0 radical (unpaired) electrons. The summed E-state index contributed by atoms with van der Waals surface area (Å²) in [6, 6.07) is 9.04. The van der Waals surface area contributed by atoms with E-state index in [9.17, 15) is 4.79 Å². The molecule has 1 aromatic carbocycles. The molecule has 0 aliphatic rings. The molecule has 1 aromatic heterocycles. The number of hydrogen-bond acceptors (Lipinski definition) is 3. The lowest BCUT2D eigenvalue weighted by Gasteiger charge is -2.08. The molecule has 2 rings (SSSR count). The second kappa shape index (κ2) is 3.73. The van der Waals surface area contributed by atoms with Crippen molar-refractivity contribution < 1.29 is 0 Å². The van der Waals surface area contributed by atoms with E-state index in [4.69, 9.17) is 11.5 Å². The van der Waals surface area contributed by atoms with Gasteiger partial charge in [0.2, 0.25) is 0 Å². The molecule has 0 fully saturated rings. The molecule has 0 aliphatic carbocycles. The molecule has 0 bridgehead atoms. The van der Waals surface area contributed by atoms with Crippen molar-refractivity contribution in [3.05, 3.63) is 52.4 Å². The minimum atomic E-state index is -0.252. The largest absolute Gasteiger partial charge is 0.397 e. The summed E-state index contributed by atoms with van der Waals surface area (Å²) in [4.78, 5) is 11.8. The van der Waals surface area contributed by atoms with Gasteiger partial charge in [-0.15, -0.1) is 0 Å². The average molecular weight is 215 g/mol. The van der Waals surface area contributed by atoms with Crippen LogP contribution < -0.4 is 17.0 Å². The summed E-state index contributed by atoms with van der Waals surface area (Å²) in [6.07, 6.45) is 1.57. The SMILES string of the molecule is Cc1ccc(-n2cc(N)cc(N)c2=O)cc1. The topological polar surface area (TPSA) is 74.0 Å². The summed E-state index contributed by atoms with van der Waals surface area (Å²) in [7, 11) is 0. The molecule has 0 saturated heterocycles. The lowest BCUT2D eigenvalue weighted by atomic mass is 10.2. The number of nitrogen functional groups attached to an aromatic ring is 2. The number of aromatic nitrogens is 1. The molecule has 0 saturated carbocycles. The highest BCUT2D eigenvalue weighted by molar-refractivity contribution is 5.51. The maximum atomic E-state index is 11.8. The van der Waals surface area contributed by atoms with Crippen molar-refractivity contribution in [2.24, 2.45) is 0 Å². The fraction of sp³-hybridized carbons (Fsp3) is 0.0833. The highest BCUT2D eigenvalue weighted by atomic mass is 16.1. The Labute approximate surface area is 93.1 Å². The van der Waals surface area contributed by atoms with Crippen molar-refractivity contribution >= 4 is 11.4 Å².